The number of hydrogen-bond donors (Lipinski definition) is 0. The highest BCUT2D eigenvalue weighted by molar-refractivity contribution is 5.66. The second-order valence-corrected chi connectivity index (χ2v) is 10.9. The molecule has 0 saturated heterocycles. The van der Waals surface area contributed by atoms with Crippen LogP contribution >= 0.6 is 0 Å². The number of ether oxygens (including phenoxy) is 2. The summed E-state index contributed by atoms with van der Waals surface area (Å²) >= 11 is 0. The molecule has 0 bridgehead atoms. The molecule has 2 unspecified atom stereocenters. The van der Waals surface area contributed by atoms with Crippen LogP contribution in [0.5, 0.6) is 11.8 Å². The average Bonchev–Trinajstić information content (AvgIpc) is 3.85. The van der Waals surface area contributed by atoms with Crippen molar-refractivity contribution in [2.24, 2.45) is 0 Å². The lowest BCUT2D eigenvalue weighted by atomic mass is 9.99. The molecule has 0 radical (unpaired) electrons. The topological polar surface area (TPSA) is 73.3 Å². The van der Waals surface area contributed by atoms with Crippen LogP contribution in [0.2, 0.25) is 0 Å². The van der Waals surface area contributed by atoms with E-state index in [1.165, 1.54) is 26.4 Å². The average molecular weight is 584 g/mol. The zero-order valence-electron chi connectivity index (χ0n) is 25.4. The van der Waals surface area contributed by atoms with Gasteiger partial charge in [-0.15, -0.1) is 0 Å². The number of rotatable bonds is 13. The summed E-state index contributed by atoms with van der Waals surface area (Å²) in [7, 11) is 3.31. The fraction of sp³-hybridized carbons (Fsp3) is 0.500. The molecule has 0 aliphatic heterocycles. The van der Waals surface area contributed by atoms with Gasteiger partial charge >= 0.3 is 0 Å². The van der Waals surface area contributed by atoms with Gasteiger partial charge in [0.15, 0.2) is 11.9 Å². The van der Waals surface area contributed by atoms with Crippen molar-refractivity contribution < 1.29 is 22.6 Å². The van der Waals surface area contributed by atoms with E-state index in [0.717, 1.165) is 24.1 Å². The standard InChI is InChI=1S/C32H40F3N5O2/c1-8-25(33)28(24-14-10-22(11-15-24)21(5)40(6)17-20(4)32(34,35)9-2)42-30-19(3)16-36-29(39-30)26-27(23-12-13-23)37-18-38-31(26)41-7/h10-11,14-18,21,23,25,28H,8-9,12-13H2,1-7H3/b20-17+/t21?,25?,28-/m0/s1. The number of alkyl halides is 3. The smallest absolute Gasteiger partial charge is 0.270 e. The van der Waals surface area contributed by atoms with Gasteiger partial charge in [-0.05, 0) is 51.2 Å². The largest absolute Gasteiger partial charge is 0.480 e. The van der Waals surface area contributed by atoms with Crippen molar-refractivity contribution in [3.63, 3.8) is 0 Å². The first-order valence-electron chi connectivity index (χ1n) is 14.4. The first-order chi connectivity index (χ1) is 20.0. The van der Waals surface area contributed by atoms with Gasteiger partial charge in [-0.25, -0.2) is 28.1 Å². The minimum absolute atomic E-state index is 0.0104. The zero-order valence-corrected chi connectivity index (χ0v) is 25.4. The molecule has 2 heterocycles. The number of methoxy groups -OCH3 is 1. The van der Waals surface area contributed by atoms with Gasteiger partial charge in [0.1, 0.15) is 18.1 Å². The fourth-order valence-electron chi connectivity index (χ4n) is 4.75. The summed E-state index contributed by atoms with van der Waals surface area (Å²) in [5, 5.41) is 0. The minimum Gasteiger partial charge on any atom is -0.480 e. The Hall–Kier alpha value is -3.69. The summed E-state index contributed by atoms with van der Waals surface area (Å²) in [4.78, 5) is 19.7. The highest BCUT2D eigenvalue weighted by atomic mass is 19.3. The Morgan fingerprint density at radius 1 is 1.10 bits per heavy atom. The number of hydrogen-bond acceptors (Lipinski definition) is 7. The number of aromatic nitrogens is 4. The molecule has 226 valence electrons. The van der Waals surface area contributed by atoms with Gasteiger partial charge < -0.3 is 14.4 Å². The monoisotopic (exact) mass is 583 g/mol. The van der Waals surface area contributed by atoms with Crippen LogP contribution in [0.25, 0.3) is 11.4 Å². The van der Waals surface area contributed by atoms with Crippen LogP contribution in [0, 0.1) is 6.92 Å². The van der Waals surface area contributed by atoms with Crippen molar-refractivity contribution in [1.29, 1.82) is 0 Å². The van der Waals surface area contributed by atoms with Crippen LogP contribution < -0.4 is 9.47 Å². The molecule has 1 saturated carbocycles. The van der Waals surface area contributed by atoms with Gasteiger partial charge in [0.25, 0.3) is 5.92 Å². The summed E-state index contributed by atoms with van der Waals surface area (Å²) < 4.78 is 55.3. The van der Waals surface area contributed by atoms with E-state index in [0.29, 0.717) is 34.3 Å². The van der Waals surface area contributed by atoms with Gasteiger partial charge in [-0.2, -0.15) is 4.98 Å². The molecule has 0 spiro atoms. The number of benzene rings is 1. The summed E-state index contributed by atoms with van der Waals surface area (Å²) in [6.45, 7) is 8.42. The molecule has 7 nitrogen and oxygen atoms in total. The SMILES string of the molecule is CCC(F)[C@@H](Oc1nc(-c2c(OC)ncnc2C2CC2)ncc1C)c1ccc(C(C)N(C)/C=C(\C)C(F)(F)CC)cc1. The highest BCUT2D eigenvalue weighted by Gasteiger charge is 2.32. The Kier molecular flexibility index (Phi) is 9.74. The molecule has 1 aromatic carbocycles. The van der Waals surface area contributed by atoms with Crippen LogP contribution in [0.4, 0.5) is 13.2 Å². The molecule has 4 rings (SSSR count). The second-order valence-electron chi connectivity index (χ2n) is 10.9. The van der Waals surface area contributed by atoms with E-state index in [1.54, 1.807) is 32.2 Å². The van der Waals surface area contributed by atoms with Crippen LogP contribution in [-0.4, -0.2) is 51.1 Å². The molecule has 1 aliphatic carbocycles. The van der Waals surface area contributed by atoms with Crippen LogP contribution in [0.1, 0.15) is 93.8 Å². The van der Waals surface area contributed by atoms with E-state index in [9.17, 15) is 8.78 Å². The molecule has 1 fully saturated rings. The maximum Gasteiger partial charge on any atom is 0.270 e. The third kappa shape index (κ3) is 6.85. The van der Waals surface area contributed by atoms with Crippen molar-refractivity contribution in [2.75, 3.05) is 14.2 Å². The Labute approximate surface area is 246 Å². The quantitative estimate of drug-likeness (QED) is 0.202. The fourth-order valence-corrected chi connectivity index (χ4v) is 4.75. The molecule has 2 aromatic heterocycles. The maximum atomic E-state index is 15.4. The van der Waals surface area contributed by atoms with Crippen LogP contribution in [0.3, 0.4) is 0 Å². The molecular weight excluding hydrogens is 543 g/mol. The highest BCUT2D eigenvalue weighted by Crippen LogP contribution is 2.45. The number of nitrogens with zero attached hydrogens (tertiary/aromatic N) is 5. The molecule has 0 amide bonds. The van der Waals surface area contributed by atoms with E-state index in [4.69, 9.17) is 14.5 Å². The van der Waals surface area contributed by atoms with Crippen molar-refractivity contribution in [2.45, 2.75) is 90.5 Å². The summed E-state index contributed by atoms with van der Waals surface area (Å²) in [5.74, 6) is -1.53. The second kappa shape index (κ2) is 13.1. The predicted octanol–water partition coefficient (Wildman–Crippen LogP) is 7.94. The zero-order chi connectivity index (χ0) is 30.6. The van der Waals surface area contributed by atoms with Gasteiger partial charge in [0, 0.05) is 42.9 Å². The summed E-state index contributed by atoms with van der Waals surface area (Å²) in [6.07, 6.45) is 4.43. The molecule has 3 atom stereocenters. The summed E-state index contributed by atoms with van der Waals surface area (Å²) in [5.41, 5.74) is 3.68. The first-order valence-corrected chi connectivity index (χ1v) is 14.4. The molecule has 1 aliphatic rings. The summed E-state index contributed by atoms with van der Waals surface area (Å²) in [6, 6.07) is 7.22. The predicted molar refractivity (Wildman–Crippen MR) is 156 cm³/mol. The van der Waals surface area contributed by atoms with Gasteiger partial charge in [-0.1, -0.05) is 38.1 Å². The van der Waals surface area contributed by atoms with Gasteiger partial charge in [0.2, 0.25) is 11.8 Å². The third-order valence-electron chi connectivity index (χ3n) is 7.88. The lowest BCUT2D eigenvalue weighted by molar-refractivity contribution is 0.0356. The number of allylic oxidation sites excluding steroid dienone is 1. The van der Waals surface area contributed by atoms with Crippen molar-refractivity contribution >= 4 is 0 Å². The first kappa shape index (κ1) is 31.3. The van der Waals surface area contributed by atoms with Crippen molar-refractivity contribution in [3.05, 3.63) is 70.9 Å². The molecule has 3 aromatic rings. The van der Waals surface area contributed by atoms with Crippen molar-refractivity contribution in [3.8, 4) is 23.1 Å². The Bertz CT molecular complexity index is 1400. The minimum atomic E-state index is -2.85. The van der Waals surface area contributed by atoms with Crippen molar-refractivity contribution in [1.82, 2.24) is 24.8 Å². The Balaban J connectivity index is 1.61. The Morgan fingerprint density at radius 2 is 1.76 bits per heavy atom. The Morgan fingerprint density at radius 3 is 2.36 bits per heavy atom. The molecule has 10 heteroatoms. The van der Waals surface area contributed by atoms with E-state index >= 15 is 4.39 Å². The third-order valence-corrected chi connectivity index (χ3v) is 7.88. The van der Waals surface area contributed by atoms with Gasteiger partial charge in [0.05, 0.1) is 18.8 Å². The molecule has 0 N–H and O–H groups in total. The molecular formula is C32H40F3N5O2. The van der Waals surface area contributed by atoms with E-state index in [-0.39, 0.29) is 30.3 Å². The lowest BCUT2D eigenvalue weighted by Crippen LogP contribution is -2.23. The van der Waals surface area contributed by atoms with Crippen LogP contribution in [0.15, 0.2) is 48.6 Å². The number of halogens is 3. The molecule has 42 heavy (non-hydrogen) atoms. The van der Waals surface area contributed by atoms with E-state index in [1.807, 2.05) is 38.1 Å². The van der Waals surface area contributed by atoms with Crippen LogP contribution in [-0.2, 0) is 0 Å². The lowest BCUT2D eigenvalue weighted by Gasteiger charge is -2.27. The normalized spacial score (nSPS) is 16.1. The maximum absolute atomic E-state index is 15.4. The van der Waals surface area contributed by atoms with Gasteiger partial charge in [-0.3, -0.25) is 0 Å². The van der Waals surface area contributed by atoms with E-state index in [2.05, 4.69) is 15.0 Å². The van der Waals surface area contributed by atoms with E-state index < -0.39 is 18.2 Å². The number of aryl methyl sites for hydroxylation is 1.